The standard InChI is InChI=1S/C55H40O26/c56-27-17-33(62)45-40(19-27)80-54(25-5-7-29(58)31(60)15-25)52(72,48(45)67)76-36-9-1-23(13-38(36)78-54)3-11-43(65)74-42-22-51(71,50(69)70)21-35(64)47(42)75-44(66)12-4-24-2-10-37-39(14-24)79-55(26-6-8-30(59)32(61)16-26)53(73,77-37)49(68)46-34(63)18-28(57)20-41(46)81-55/h1-20,35,42,47,56-64,71-73H,21-22H2,(H,69,70)/b11-3+,12-4+/t35-,42-,47-,51+,52?,53?,54?,55?/m1/s1. The van der Waals surface area contributed by atoms with E-state index >= 15 is 0 Å². The number of ketones is 2. The van der Waals surface area contributed by atoms with E-state index in [4.69, 9.17) is 37.9 Å². The van der Waals surface area contributed by atoms with E-state index in [1.54, 1.807) is 0 Å². The van der Waals surface area contributed by atoms with E-state index in [2.05, 4.69) is 0 Å². The van der Waals surface area contributed by atoms with Crippen LogP contribution in [-0.4, -0.2) is 131 Å². The van der Waals surface area contributed by atoms with Crippen molar-refractivity contribution in [3.05, 3.63) is 143 Å². The summed E-state index contributed by atoms with van der Waals surface area (Å²) in [6.45, 7) is 0. The van der Waals surface area contributed by atoms with Crippen molar-refractivity contribution in [3.63, 3.8) is 0 Å². The van der Waals surface area contributed by atoms with Crippen LogP contribution in [0.25, 0.3) is 12.2 Å². The third kappa shape index (κ3) is 8.31. The lowest BCUT2D eigenvalue weighted by atomic mass is 9.79. The number of aliphatic carboxylic acids is 1. The van der Waals surface area contributed by atoms with Crippen LogP contribution in [0.2, 0.25) is 0 Å². The first-order valence-electron chi connectivity index (χ1n) is 23.8. The first-order valence-corrected chi connectivity index (χ1v) is 23.8. The Morgan fingerprint density at radius 1 is 0.481 bits per heavy atom. The summed E-state index contributed by atoms with van der Waals surface area (Å²) in [6, 6.07) is 16.9. The van der Waals surface area contributed by atoms with Crippen LogP contribution >= 0.6 is 0 Å². The lowest BCUT2D eigenvalue weighted by Gasteiger charge is -2.50. The smallest absolute Gasteiger partial charge is 0.357 e. The highest BCUT2D eigenvalue weighted by atomic mass is 16.8. The molecule has 4 heterocycles. The van der Waals surface area contributed by atoms with Crippen LogP contribution in [-0.2, 0) is 35.4 Å². The number of aliphatic hydroxyl groups is 4. The molecule has 4 unspecified atom stereocenters. The summed E-state index contributed by atoms with van der Waals surface area (Å²) in [5.74, 6) is -26.3. The fraction of sp³-hybridized carbons (Fsp3) is 0.182. The minimum atomic E-state index is -3.17. The molecule has 1 saturated carbocycles. The molecule has 6 aromatic rings. The van der Waals surface area contributed by atoms with Gasteiger partial charge in [-0.05, 0) is 83.9 Å². The zero-order chi connectivity index (χ0) is 57.9. The predicted molar refractivity (Wildman–Crippen MR) is 263 cm³/mol. The Kier molecular flexibility index (Phi) is 11.9. The van der Waals surface area contributed by atoms with Gasteiger partial charge in [0.15, 0.2) is 57.7 Å². The molecule has 4 aliphatic heterocycles. The van der Waals surface area contributed by atoms with Crippen molar-refractivity contribution in [2.45, 2.75) is 59.9 Å². The molecule has 6 aromatic carbocycles. The highest BCUT2D eigenvalue weighted by Crippen LogP contribution is 2.58. The Hall–Kier alpha value is -10.4. The molecule has 26 heteroatoms. The number of Topliss-reactive ketones (excluding diaryl/α,β-unsaturated/α-hetero) is 2. The Labute approximate surface area is 451 Å². The number of hydrogen-bond acceptors (Lipinski definition) is 25. The summed E-state index contributed by atoms with van der Waals surface area (Å²) in [5.41, 5.74) is -4.32. The number of carbonyl (C=O) groups excluding carboxylic acids is 4. The van der Waals surface area contributed by atoms with Gasteiger partial charge in [-0.3, -0.25) is 9.59 Å². The van der Waals surface area contributed by atoms with Crippen LogP contribution < -0.4 is 28.4 Å². The van der Waals surface area contributed by atoms with Gasteiger partial charge >= 0.3 is 41.1 Å². The van der Waals surface area contributed by atoms with Crippen LogP contribution in [0.15, 0.2) is 109 Å². The van der Waals surface area contributed by atoms with Crippen LogP contribution in [0.4, 0.5) is 0 Å². The topological polar surface area (TPSA) is 422 Å². The maximum atomic E-state index is 14.0. The Bertz CT molecular complexity index is 3800. The molecule has 0 radical (unpaired) electrons. The third-order valence-electron chi connectivity index (χ3n) is 13.8. The minimum Gasteiger partial charge on any atom is -0.508 e. The number of ether oxygens (including phenoxy) is 8. The van der Waals surface area contributed by atoms with Crippen molar-refractivity contribution in [1.82, 2.24) is 0 Å². The van der Waals surface area contributed by atoms with Crippen LogP contribution in [0.1, 0.15) is 55.8 Å². The summed E-state index contributed by atoms with van der Waals surface area (Å²) >= 11 is 0. The highest BCUT2D eigenvalue weighted by molar-refractivity contribution is 6.09. The van der Waals surface area contributed by atoms with Gasteiger partial charge in [0.05, 0.1) is 6.10 Å². The molecule has 416 valence electrons. The molecule has 0 spiro atoms. The zero-order valence-corrected chi connectivity index (χ0v) is 40.8. The summed E-state index contributed by atoms with van der Waals surface area (Å²) in [6.07, 6.45) is -3.46. The van der Waals surface area contributed by atoms with E-state index in [9.17, 15) is 90.4 Å². The SMILES string of the molecule is O=C(/C=C/c1ccc2c(c1)OC1(c3ccc(O)c(O)c3)Oc3cc(O)cc(O)c3C(=O)C1(O)O2)O[C@@H]1[C@H](O)C[C@@](O)(C(=O)O)C[C@H]1OC(=O)/C=C/c1ccc2c(c1)OC1(c3ccc(O)c(O)c3)Oc3cc(O)cc(O)c3C(=O)C1(O)O2. The number of aliphatic hydroxyl groups excluding tert-OH is 1. The number of hydrogen-bond donors (Lipinski definition) is 13. The second-order valence-electron chi connectivity index (χ2n) is 19.1. The average molecular weight is 1120 g/mol. The molecular weight excluding hydrogens is 1080 g/mol. The van der Waals surface area contributed by atoms with E-state index in [1.807, 2.05) is 0 Å². The van der Waals surface area contributed by atoms with Gasteiger partial charge in [0.25, 0.3) is 11.6 Å². The van der Waals surface area contributed by atoms with Crippen LogP contribution in [0.3, 0.4) is 0 Å². The number of fused-ring (bicyclic) bond motifs is 6. The van der Waals surface area contributed by atoms with E-state index in [-0.39, 0.29) is 45.3 Å². The molecule has 8 atom stereocenters. The molecule has 0 bridgehead atoms. The summed E-state index contributed by atoms with van der Waals surface area (Å²) in [7, 11) is 0. The molecule has 0 amide bonds. The monoisotopic (exact) mass is 1120 g/mol. The van der Waals surface area contributed by atoms with Crippen molar-refractivity contribution >= 4 is 41.6 Å². The fourth-order valence-electron chi connectivity index (χ4n) is 9.95. The van der Waals surface area contributed by atoms with Gasteiger partial charge in [0.1, 0.15) is 51.7 Å². The number of carboxylic acid groups (broad SMARTS) is 1. The van der Waals surface area contributed by atoms with Crippen molar-refractivity contribution in [2.24, 2.45) is 0 Å². The molecule has 81 heavy (non-hydrogen) atoms. The number of carbonyl (C=O) groups is 5. The van der Waals surface area contributed by atoms with Crippen molar-refractivity contribution in [3.8, 4) is 80.5 Å². The molecule has 13 N–H and O–H groups in total. The summed E-state index contributed by atoms with van der Waals surface area (Å²) in [5, 5.41) is 139. The number of esters is 2. The number of rotatable bonds is 9. The lowest BCUT2D eigenvalue weighted by Crippen LogP contribution is -2.70. The number of aromatic hydroxyl groups is 8. The highest BCUT2D eigenvalue weighted by Gasteiger charge is 2.72. The van der Waals surface area contributed by atoms with Crippen molar-refractivity contribution in [1.29, 1.82) is 0 Å². The first-order chi connectivity index (χ1) is 38.3. The Morgan fingerprint density at radius 2 is 0.914 bits per heavy atom. The average Bonchev–Trinajstić information content (AvgIpc) is 1.13. The summed E-state index contributed by atoms with van der Waals surface area (Å²) < 4.78 is 47.0. The number of phenols is 8. The second kappa shape index (κ2) is 18.3. The second-order valence-corrected chi connectivity index (χ2v) is 19.1. The predicted octanol–water partition coefficient (Wildman–Crippen LogP) is 3.03. The molecule has 0 aromatic heterocycles. The van der Waals surface area contributed by atoms with Gasteiger partial charge in [0.2, 0.25) is 0 Å². The molecular formula is C55H40O26. The van der Waals surface area contributed by atoms with Gasteiger partial charge in [-0.2, -0.15) is 0 Å². The van der Waals surface area contributed by atoms with Crippen molar-refractivity contribution < 1.29 is 128 Å². The Balaban J connectivity index is 0.832. The largest absolute Gasteiger partial charge is 0.508 e. The molecule has 0 saturated heterocycles. The zero-order valence-electron chi connectivity index (χ0n) is 40.8. The van der Waals surface area contributed by atoms with E-state index in [1.165, 1.54) is 36.4 Å². The summed E-state index contributed by atoms with van der Waals surface area (Å²) in [4.78, 5) is 67.2. The number of benzene rings is 6. The van der Waals surface area contributed by atoms with Gasteiger partial charge in [-0.15, -0.1) is 0 Å². The van der Waals surface area contributed by atoms with Crippen LogP contribution in [0.5, 0.6) is 80.5 Å². The van der Waals surface area contributed by atoms with E-state index in [0.29, 0.717) is 0 Å². The quantitative estimate of drug-likeness (QED) is 0.0562. The molecule has 1 fully saturated rings. The van der Waals surface area contributed by atoms with E-state index < -0.39 is 158 Å². The fourth-order valence-corrected chi connectivity index (χ4v) is 9.95. The van der Waals surface area contributed by atoms with Gasteiger partial charge < -0.3 is 104 Å². The Morgan fingerprint density at radius 3 is 1.35 bits per heavy atom. The molecule has 1 aliphatic carbocycles. The van der Waals surface area contributed by atoms with E-state index in [0.717, 1.165) is 85.0 Å². The third-order valence-corrected chi connectivity index (χ3v) is 13.8. The number of phenolic OH excluding ortho intramolecular Hbond substituents is 8. The van der Waals surface area contributed by atoms with Gasteiger partial charge in [-0.1, -0.05) is 12.1 Å². The molecule has 26 nitrogen and oxygen atoms in total. The van der Waals surface area contributed by atoms with Crippen LogP contribution in [0, 0.1) is 0 Å². The maximum absolute atomic E-state index is 14.0. The molecule has 11 rings (SSSR count). The number of carboxylic acids is 1. The van der Waals surface area contributed by atoms with Gasteiger partial charge in [0, 0.05) is 60.4 Å². The maximum Gasteiger partial charge on any atom is 0.357 e. The van der Waals surface area contributed by atoms with Gasteiger partial charge in [-0.25, -0.2) is 14.4 Å². The van der Waals surface area contributed by atoms with Crippen molar-refractivity contribution in [2.75, 3.05) is 0 Å². The first kappa shape index (κ1) is 52.6. The molecule has 5 aliphatic rings. The normalized spacial score (nSPS) is 26.7. The lowest BCUT2D eigenvalue weighted by molar-refractivity contribution is -0.316. The minimum absolute atomic E-state index is 0.107.